The van der Waals surface area contributed by atoms with Crippen LogP contribution in [0.1, 0.15) is 0 Å². The van der Waals surface area contributed by atoms with Crippen molar-refractivity contribution in [3.8, 4) is 0 Å². The quantitative estimate of drug-likeness (QED) is 0.274. The molecule has 4 atom stereocenters. The molecular weight excluding hydrogens is 200 g/mol. The SMILES string of the molecule is O=C(O)C(O)[C@H](O)[C@H](O)[C@@H](O)C(=O)O. The first-order chi connectivity index (χ1) is 6.29. The first-order valence-corrected chi connectivity index (χ1v) is 3.47. The van der Waals surface area contributed by atoms with Crippen molar-refractivity contribution in [1.82, 2.24) is 0 Å². The molecule has 0 saturated heterocycles. The molecule has 0 saturated carbocycles. The van der Waals surface area contributed by atoms with Gasteiger partial charge < -0.3 is 30.6 Å². The normalized spacial score (nSPS) is 19.4. The number of rotatable bonds is 5. The second-order valence-corrected chi connectivity index (χ2v) is 2.55. The van der Waals surface area contributed by atoms with Gasteiger partial charge in [0.1, 0.15) is 12.2 Å². The van der Waals surface area contributed by atoms with Crippen LogP contribution in [0.2, 0.25) is 0 Å². The molecule has 8 heteroatoms. The summed E-state index contributed by atoms with van der Waals surface area (Å²) in [4.78, 5) is 20.2. The summed E-state index contributed by atoms with van der Waals surface area (Å²) in [5, 5.41) is 51.5. The lowest BCUT2D eigenvalue weighted by atomic mass is 10.0. The Morgan fingerprint density at radius 2 is 0.929 bits per heavy atom. The standard InChI is InChI=1S/C6H10O8/c7-1(3(9)5(11)12)2(8)4(10)6(13)14/h1-4,7-10H,(H,11,12)(H,13,14)/t1-,2+,3+,4?/m0/s1. The van der Waals surface area contributed by atoms with Gasteiger partial charge in [0.15, 0.2) is 12.2 Å². The fraction of sp³-hybridized carbons (Fsp3) is 0.667. The molecule has 0 aliphatic rings. The smallest absolute Gasteiger partial charge is 0.335 e. The summed E-state index contributed by atoms with van der Waals surface area (Å²) in [6.07, 6.45) is -9.28. The van der Waals surface area contributed by atoms with Gasteiger partial charge in [-0.25, -0.2) is 9.59 Å². The molecule has 0 fully saturated rings. The Bertz CT molecular complexity index is 202. The van der Waals surface area contributed by atoms with Crippen molar-refractivity contribution in [3.05, 3.63) is 0 Å². The second-order valence-electron chi connectivity index (χ2n) is 2.55. The fourth-order valence-corrected chi connectivity index (χ4v) is 0.666. The lowest BCUT2D eigenvalue weighted by molar-refractivity contribution is -0.172. The second kappa shape index (κ2) is 4.86. The summed E-state index contributed by atoms with van der Waals surface area (Å²) in [6, 6.07) is 0. The average Bonchev–Trinajstić information content (AvgIpc) is 2.12. The van der Waals surface area contributed by atoms with Gasteiger partial charge in [0, 0.05) is 0 Å². The van der Waals surface area contributed by atoms with E-state index in [-0.39, 0.29) is 0 Å². The predicted octanol–water partition coefficient (Wildman–Crippen LogP) is -3.40. The molecule has 0 aliphatic heterocycles. The number of aliphatic hydroxyl groups is 4. The van der Waals surface area contributed by atoms with Crippen LogP contribution in [0.25, 0.3) is 0 Å². The van der Waals surface area contributed by atoms with Crippen LogP contribution in [0.5, 0.6) is 0 Å². The van der Waals surface area contributed by atoms with Crippen molar-refractivity contribution < 1.29 is 40.2 Å². The van der Waals surface area contributed by atoms with Crippen molar-refractivity contribution in [3.63, 3.8) is 0 Å². The Hall–Kier alpha value is -1.22. The average molecular weight is 210 g/mol. The van der Waals surface area contributed by atoms with E-state index in [1.165, 1.54) is 0 Å². The third-order valence-corrected chi connectivity index (χ3v) is 1.50. The maximum Gasteiger partial charge on any atom is 0.335 e. The number of hydrogen-bond acceptors (Lipinski definition) is 6. The molecule has 6 N–H and O–H groups in total. The van der Waals surface area contributed by atoms with Gasteiger partial charge in [0.25, 0.3) is 0 Å². The molecule has 0 heterocycles. The van der Waals surface area contributed by atoms with Crippen LogP contribution in [0, 0.1) is 0 Å². The largest absolute Gasteiger partial charge is 0.479 e. The van der Waals surface area contributed by atoms with Gasteiger partial charge in [-0.3, -0.25) is 0 Å². The maximum atomic E-state index is 10.1. The van der Waals surface area contributed by atoms with E-state index >= 15 is 0 Å². The van der Waals surface area contributed by atoms with E-state index in [4.69, 9.17) is 30.6 Å². The molecule has 82 valence electrons. The monoisotopic (exact) mass is 210 g/mol. The molecule has 0 aliphatic carbocycles. The number of carboxylic acid groups (broad SMARTS) is 2. The third kappa shape index (κ3) is 2.92. The summed E-state index contributed by atoms with van der Waals surface area (Å²) in [5.41, 5.74) is 0. The first kappa shape index (κ1) is 12.8. The summed E-state index contributed by atoms with van der Waals surface area (Å²) < 4.78 is 0. The minimum absolute atomic E-state index is 1.84. The molecule has 0 aromatic rings. The van der Waals surface area contributed by atoms with Crippen molar-refractivity contribution >= 4 is 11.9 Å². The molecule has 0 aromatic heterocycles. The van der Waals surface area contributed by atoms with Crippen LogP contribution in [-0.4, -0.2) is 67.0 Å². The number of hydrogen-bond donors (Lipinski definition) is 6. The van der Waals surface area contributed by atoms with Crippen molar-refractivity contribution in [1.29, 1.82) is 0 Å². The van der Waals surface area contributed by atoms with E-state index in [9.17, 15) is 9.59 Å². The summed E-state index contributed by atoms with van der Waals surface area (Å²) in [5.74, 6) is -3.68. The van der Waals surface area contributed by atoms with Gasteiger partial charge in [-0.2, -0.15) is 0 Å². The van der Waals surface area contributed by atoms with Gasteiger partial charge in [0.05, 0.1) is 0 Å². The minimum Gasteiger partial charge on any atom is -0.479 e. The van der Waals surface area contributed by atoms with E-state index in [0.717, 1.165) is 0 Å². The molecule has 0 aromatic carbocycles. The topological polar surface area (TPSA) is 156 Å². The zero-order valence-corrected chi connectivity index (χ0v) is 6.81. The Morgan fingerprint density at radius 1 is 0.714 bits per heavy atom. The summed E-state index contributed by atoms with van der Waals surface area (Å²) >= 11 is 0. The van der Waals surface area contributed by atoms with E-state index < -0.39 is 36.4 Å². The Labute approximate surface area is 77.7 Å². The van der Waals surface area contributed by atoms with Crippen molar-refractivity contribution in [2.24, 2.45) is 0 Å². The fourth-order valence-electron chi connectivity index (χ4n) is 0.666. The van der Waals surface area contributed by atoms with Gasteiger partial charge in [0.2, 0.25) is 0 Å². The molecule has 14 heavy (non-hydrogen) atoms. The van der Waals surface area contributed by atoms with Crippen LogP contribution in [-0.2, 0) is 9.59 Å². The number of aliphatic hydroxyl groups excluding tert-OH is 4. The third-order valence-electron chi connectivity index (χ3n) is 1.50. The molecule has 0 bridgehead atoms. The van der Waals surface area contributed by atoms with E-state index in [0.29, 0.717) is 0 Å². The van der Waals surface area contributed by atoms with E-state index in [1.807, 2.05) is 0 Å². The number of carboxylic acids is 2. The Balaban J connectivity index is 4.45. The molecule has 0 radical (unpaired) electrons. The van der Waals surface area contributed by atoms with Crippen LogP contribution >= 0.6 is 0 Å². The van der Waals surface area contributed by atoms with Crippen molar-refractivity contribution in [2.75, 3.05) is 0 Å². The lowest BCUT2D eigenvalue weighted by Gasteiger charge is -2.21. The molecule has 8 nitrogen and oxygen atoms in total. The zero-order valence-electron chi connectivity index (χ0n) is 6.81. The molecule has 1 unspecified atom stereocenters. The van der Waals surface area contributed by atoms with E-state index in [2.05, 4.69) is 0 Å². The maximum absolute atomic E-state index is 10.1. The predicted molar refractivity (Wildman–Crippen MR) is 39.3 cm³/mol. The van der Waals surface area contributed by atoms with Gasteiger partial charge in [-0.1, -0.05) is 0 Å². The molecule has 0 rings (SSSR count). The highest BCUT2D eigenvalue weighted by atomic mass is 16.4. The van der Waals surface area contributed by atoms with Crippen LogP contribution in [0.4, 0.5) is 0 Å². The minimum atomic E-state index is -2.36. The Kier molecular flexibility index (Phi) is 4.44. The van der Waals surface area contributed by atoms with Gasteiger partial charge >= 0.3 is 11.9 Å². The Morgan fingerprint density at radius 3 is 1.07 bits per heavy atom. The van der Waals surface area contributed by atoms with Gasteiger partial charge in [-0.05, 0) is 0 Å². The van der Waals surface area contributed by atoms with Crippen molar-refractivity contribution in [2.45, 2.75) is 24.4 Å². The molecular formula is C6H10O8. The first-order valence-electron chi connectivity index (χ1n) is 3.47. The molecule has 0 amide bonds. The summed E-state index contributed by atoms with van der Waals surface area (Å²) in [6.45, 7) is 0. The molecule has 0 spiro atoms. The number of aliphatic carboxylic acids is 2. The zero-order chi connectivity index (χ0) is 11.5. The van der Waals surface area contributed by atoms with Crippen LogP contribution < -0.4 is 0 Å². The van der Waals surface area contributed by atoms with E-state index in [1.54, 1.807) is 0 Å². The van der Waals surface area contributed by atoms with Crippen LogP contribution in [0.15, 0.2) is 0 Å². The number of carbonyl (C=O) groups is 2. The highest BCUT2D eigenvalue weighted by molar-refractivity contribution is 5.75. The lowest BCUT2D eigenvalue weighted by Crippen LogP contribution is -2.49. The highest BCUT2D eigenvalue weighted by Crippen LogP contribution is 2.05. The van der Waals surface area contributed by atoms with Gasteiger partial charge in [-0.15, -0.1) is 0 Å². The highest BCUT2D eigenvalue weighted by Gasteiger charge is 2.37. The van der Waals surface area contributed by atoms with Crippen LogP contribution in [0.3, 0.4) is 0 Å². The summed E-state index contributed by atoms with van der Waals surface area (Å²) in [7, 11) is 0.